The number of phenolic OH excluding ortho intramolecular Hbond substituents is 6. The standard InChI is InChI=1S/3C23H31NO3.H3O3P/c3*1-22(2,3)19-13-17(26)14-20(23(4,5)6)18(19)11-12-21(27)24-15-7-9-16(25)10-8-15;1-4(2)3/h3*7-10,13-14,25-26H,11-12H2,1-6H3,(H,24,27);1-3H. The van der Waals surface area contributed by atoms with Crippen molar-refractivity contribution in [1.29, 1.82) is 0 Å². The SMILES string of the molecule is CC(C)(C)c1cc(O)cc(C(C)(C)C)c1CCC(=O)Nc1ccc(O)cc1.CC(C)(C)c1cc(O)cc(C(C)(C)C)c1CCC(=O)Nc1ccc(O)cc1.CC(C)(C)c1cc(O)cc(C(C)(C)C)c1CCC(=O)Nc1ccc(O)cc1.OP(O)O. The third kappa shape index (κ3) is 24.0. The maximum Gasteiger partial charge on any atom is 0.324 e. The predicted molar refractivity (Wildman–Crippen MR) is 345 cm³/mol. The van der Waals surface area contributed by atoms with Crippen molar-refractivity contribution in [3.8, 4) is 34.5 Å². The highest BCUT2D eigenvalue weighted by Crippen LogP contribution is 2.41. The largest absolute Gasteiger partial charge is 0.508 e. The van der Waals surface area contributed by atoms with Crippen LogP contribution in [-0.4, -0.2) is 63.0 Å². The number of rotatable bonds is 12. The van der Waals surface area contributed by atoms with E-state index in [2.05, 4.69) is 141 Å². The maximum atomic E-state index is 12.4. The Hall–Kier alpha value is -7.16. The first-order chi connectivity index (χ1) is 38.9. The molecular formula is C69H96N3O12P. The third-order valence-electron chi connectivity index (χ3n) is 13.8. The van der Waals surface area contributed by atoms with Crippen LogP contribution in [0.3, 0.4) is 0 Å². The third-order valence-corrected chi connectivity index (χ3v) is 13.8. The fourth-order valence-electron chi connectivity index (χ4n) is 9.81. The molecule has 0 radical (unpaired) electrons. The highest BCUT2D eigenvalue weighted by atomic mass is 31.2. The average molecular weight is 1190 g/mol. The smallest absolute Gasteiger partial charge is 0.324 e. The van der Waals surface area contributed by atoms with Crippen LogP contribution >= 0.6 is 8.60 Å². The van der Waals surface area contributed by atoms with Gasteiger partial charge in [0.05, 0.1) is 0 Å². The van der Waals surface area contributed by atoms with E-state index in [4.69, 9.17) is 14.7 Å². The molecule has 6 aromatic rings. The first-order valence-corrected chi connectivity index (χ1v) is 29.8. The van der Waals surface area contributed by atoms with Crippen molar-refractivity contribution in [2.24, 2.45) is 0 Å². The van der Waals surface area contributed by atoms with Crippen molar-refractivity contribution in [2.75, 3.05) is 16.0 Å². The van der Waals surface area contributed by atoms with Gasteiger partial charge < -0.3 is 61.3 Å². The van der Waals surface area contributed by atoms with E-state index in [9.17, 15) is 45.0 Å². The van der Waals surface area contributed by atoms with Crippen molar-refractivity contribution in [3.63, 3.8) is 0 Å². The van der Waals surface area contributed by atoms with Gasteiger partial charge >= 0.3 is 8.60 Å². The molecule has 0 saturated heterocycles. The fraction of sp³-hybridized carbons (Fsp3) is 0.435. The molecule has 0 saturated carbocycles. The van der Waals surface area contributed by atoms with Crippen LogP contribution in [-0.2, 0) is 66.1 Å². The first kappa shape index (κ1) is 72.1. The van der Waals surface area contributed by atoms with E-state index in [1.807, 2.05) is 36.4 Å². The van der Waals surface area contributed by atoms with E-state index in [1.165, 1.54) is 0 Å². The van der Waals surface area contributed by atoms with Gasteiger partial charge in [-0.1, -0.05) is 125 Å². The van der Waals surface area contributed by atoms with Crippen molar-refractivity contribution < 1.29 is 59.7 Å². The van der Waals surface area contributed by atoms with Gasteiger partial charge in [-0.3, -0.25) is 14.4 Å². The summed E-state index contributed by atoms with van der Waals surface area (Å²) in [6.07, 6.45) is 2.84. The van der Waals surface area contributed by atoms with Crippen molar-refractivity contribution >= 4 is 43.4 Å². The summed E-state index contributed by atoms with van der Waals surface area (Å²) in [4.78, 5) is 59.0. The molecule has 15 nitrogen and oxygen atoms in total. The molecule has 0 aliphatic rings. The Morgan fingerprint density at radius 3 is 0.600 bits per heavy atom. The van der Waals surface area contributed by atoms with E-state index in [0.29, 0.717) is 55.6 Å². The Labute approximate surface area is 506 Å². The molecule has 0 heterocycles. The molecule has 0 aliphatic heterocycles. The Balaban J connectivity index is 0.000000323. The molecule has 0 atom stereocenters. The van der Waals surface area contributed by atoms with Crippen LogP contribution in [0.1, 0.15) is 194 Å². The van der Waals surface area contributed by atoms with Gasteiger partial charge in [-0.25, -0.2) is 0 Å². The Morgan fingerprint density at radius 1 is 0.306 bits per heavy atom. The summed E-state index contributed by atoms with van der Waals surface area (Å²) in [5, 5.41) is 67.4. The summed E-state index contributed by atoms with van der Waals surface area (Å²) < 4.78 is 0. The molecule has 0 unspecified atom stereocenters. The first-order valence-electron chi connectivity index (χ1n) is 28.6. The minimum Gasteiger partial charge on any atom is -0.508 e. The summed E-state index contributed by atoms with van der Waals surface area (Å²) in [6.45, 7) is 38.1. The summed E-state index contributed by atoms with van der Waals surface area (Å²) in [5.41, 5.74) is 11.0. The number of nitrogens with one attached hydrogen (secondary N) is 3. The van der Waals surface area contributed by atoms with E-state index in [-0.39, 0.29) is 84.7 Å². The predicted octanol–water partition coefficient (Wildman–Crippen LogP) is 15.0. The van der Waals surface area contributed by atoms with Gasteiger partial charge in [-0.15, -0.1) is 0 Å². The highest BCUT2D eigenvalue weighted by molar-refractivity contribution is 7.38. The maximum absolute atomic E-state index is 12.4. The summed E-state index contributed by atoms with van der Waals surface area (Å²) in [7, 11) is -2.62. The average Bonchev–Trinajstić information content (AvgIpc) is 1.37. The fourth-order valence-corrected chi connectivity index (χ4v) is 9.81. The number of phenols is 6. The number of carbonyl (C=O) groups excluding carboxylic acids is 3. The van der Waals surface area contributed by atoms with E-state index < -0.39 is 8.60 Å². The molecule has 6 aromatic carbocycles. The van der Waals surface area contributed by atoms with Crippen LogP contribution in [0, 0.1) is 0 Å². The zero-order chi connectivity index (χ0) is 64.8. The summed E-state index contributed by atoms with van der Waals surface area (Å²) >= 11 is 0. The zero-order valence-electron chi connectivity index (χ0n) is 53.3. The van der Waals surface area contributed by atoms with Crippen LogP contribution in [0.5, 0.6) is 34.5 Å². The minimum atomic E-state index is -2.62. The summed E-state index contributed by atoms with van der Waals surface area (Å²) in [6, 6.07) is 30.3. The van der Waals surface area contributed by atoms with Crippen LogP contribution in [0.15, 0.2) is 109 Å². The molecule has 0 aliphatic carbocycles. The van der Waals surface area contributed by atoms with Gasteiger partial charge in [0.15, 0.2) is 0 Å². The number of hydrogen-bond donors (Lipinski definition) is 12. The van der Waals surface area contributed by atoms with Crippen molar-refractivity contribution in [1.82, 2.24) is 0 Å². The molecular weight excluding hydrogens is 1090 g/mol. The lowest BCUT2D eigenvalue weighted by molar-refractivity contribution is -0.117. The lowest BCUT2D eigenvalue weighted by Gasteiger charge is -2.30. The lowest BCUT2D eigenvalue weighted by atomic mass is 9.75. The second kappa shape index (κ2) is 29.8. The normalized spacial score (nSPS) is 11.9. The van der Waals surface area contributed by atoms with Crippen LogP contribution in [0.2, 0.25) is 0 Å². The second-order valence-electron chi connectivity index (χ2n) is 27.6. The van der Waals surface area contributed by atoms with Crippen LogP contribution in [0.25, 0.3) is 0 Å². The van der Waals surface area contributed by atoms with Gasteiger partial charge in [-0.2, -0.15) is 0 Å². The van der Waals surface area contributed by atoms with Crippen LogP contribution in [0.4, 0.5) is 17.1 Å². The number of anilines is 3. The number of amides is 3. The van der Waals surface area contributed by atoms with Gasteiger partial charge in [0.1, 0.15) is 34.5 Å². The quantitative estimate of drug-likeness (QED) is 0.0403. The molecule has 0 spiro atoms. The molecule has 0 fully saturated rings. The molecule has 12 N–H and O–H groups in total. The molecule has 6 rings (SSSR count). The highest BCUT2D eigenvalue weighted by Gasteiger charge is 2.30. The van der Waals surface area contributed by atoms with E-state index in [1.54, 1.807) is 72.8 Å². The summed E-state index contributed by atoms with van der Waals surface area (Å²) in [5.74, 6) is 1.08. The second-order valence-corrected chi connectivity index (χ2v) is 28.1. The Kier molecular flexibility index (Phi) is 25.3. The number of hydrogen-bond acceptors (Lipinski definition) is 12. The zero-order valence-corrected chi connectivity index (χ0v) is 54.2. The van der Waals surface area contributed by atoms with Crippen molar-refractivity contribution in [3.05, 3.63) is 159 Å². The van der Waals surface area contributed by atoms with Gasteiger partial charge in [-0.05, 0) is 211 Å². The molecule has 85 heavy (non-hydrogen) atoms. The Bertz CT molecular complexity index is 2720. The topological polar surface area (TPSA) is 269 Å². The van der Waals surface area contributed by atoms with Gasteiger partial charge in [0.25, 0.3) is 0 Å². The molecule has 464 valence electrons. The molecule has 3 amide bonds. The number of aromatic hydroxyl groups is 6. The molecule has 16 heteroatoms. The van der Waals surface area contributed by atoms with Gasteiger partial charge in [0, 0.05) is 36.3 Å². The Morgan fingerprint density at radius 2 is 0.459 bits per heavy atom. The molecule has 0 bridgehead atoms. The van der Waals surface area contributed by atoms with Crippen molar-refractivity contribution in [2.45, 2.75) is 196 Å². The molecule has 0 aromatic heterocycles. The van der Waals surface area contributed by atoms with E-state index >= 15 is 0 Å². The number of carbonyl (C=O) groups is 3. The van der Waals surface area contributed by atoms with Crippen LogP contribution < -0.4 is 16.0 Å². The van der Waals surface area contributed by atoms with Gasteiger partial charge in [0.2, 0.25) is 17.7 Å². The van der Waals surface area contributed by atoms with E-state index in [0.717, 1.165) is 50.1 Å². The number of benzene rings is 6. The minimum absolute atomic E-state index is 0.0755. The monoisotopic (exact) mass is 1190 g/mol. The lowest BCUT2D eigenvalue weighted by Crippen LogP contribution is -2.22.